The molecule has 0 spiro atoms. The Hall–Kier alpha value is -3.14. The zero-order valence-electron chi connectivity index (χ0n) is 23.2. The van der Waals surface area contributed by atoms with Crippen molar-refractivity contribution in [3.05, 3.63) is 59.4 Å². The van der Waals surface area contributed by atoms with E-state index in [4.69, 9.17) is 24.7 Å². The second-order valence-electron chi connectivity index (χ2n) is 11.9. The van der Waals surface area contributed by atoms with Crippen molar-refractivity contribution >= 4 is 8.07 Å². The van der Waals surface area contributed by atoms with Crippen LogP contribution in [0.5, 0.6) is 0 Å². The summed E-state index contributed by atoms with van der Waals surface area (Å²) in [6.45, 7) is 13.2. The third-order valence-electron chi connectivity index (χ3n) is 7.43. The van der Waals surface area contributed by atoms with E-state index >= 15 is 0 Å². The summed E-state index contributed by atoms with van der Waals surface area (Å²) in [6.07, 6.45) is 4.01. The van der Waals surface area contributed by atoms with E-state index in [1.807, 2.05) is 19.2 Å². The van der Waals surface area contributed by atoms with E-state index in [2.05, 4.69) is 65.0 Å². The molecular formula is C29H37N7OSi. The molecule has 4 aromatic heterocycles. The summed E-state index contributed by atoms with van der Waals surface area (Å²) in [5, 5.41) is 0. The first kappa shape index (κ1) is 25.2. The van der Waals surface area contributed by atoms with Crippen molar-refractivity contribution in [2.75, 3.05) is 13.7 Å². The van der Waals surface area contributed by atoms with Crippen LogP contribution < -0.4 is 0 Å². The Morgan fingerprint density at radius 3 is 2.71 bits per heavy atom. The van der Waals surface area contributed by atoms with Crippen LogP contribution in [-0.4, -0.2) is 55.7 Å². The highest BCUT2D eigenvalue weighted by molar-refractivity contribution is 6.76. The number of rotatable bonds is 8. The standard InChI is InChI=1S/C29H37N7OSi/c1-20-8-6-9-22(31-20)27-28(35-13-7-10-26(35)33-27)21-11-12-30-23(16-21)29-32-24-17-34(2)18-25(24)36(29)19-37-14-15-38(3,4)5/h6,8-9,11-12,16H,7,10,13-15,17-19H2,1-5H3. The van der Waals surface area contributed by atoms with Gasteiger partial charge in [0.1, 0.15) is 23.9 Å². The predicted molar refractivity (Wildman–Crippen MR) is 152 cm³/mol. The van der Waals surface area contributed by atoms with Gasteiger partial charge in [-0.3, -0.25) is 14.9 Å². The largest absolute Gasteiger partial charge is 0.361 e. The molecule has 6 heterocycles. The van der Waals surface area contributed by atoms with Crippen LogP contribution in [-0.2, 0) is 37.5 Å². The molecule has 0 amide bonds. The second-order valence-corrected chi connectivity index (χ2v) is 17.5. The molecule has 0 atom stereocenters. The molecule has 0 unspecified atom stereocenters. The molecule has 0 saturated heterocycles. The molecule has 0 fully saturated rings. The lowest BCUT2D eigenvalue weighted by atomic mass is 10.1. The Kier molecular flexibility index (Phi) is 6.53. The van der Waals surface area contributed by atoms with Crippen molar-refractivity contribution in [1.29, 1.82) is 0 Å². The van der Waals surface area contributed by atoms with Gasteiger partial charge in [-0.1, -0.05) is 25.7 Å². The topological polar surface area (TPSA) is 73.9 Å². The average molecular weight is 528 g/mol. The average Bonchev–Trinajstić information content (AvgIpc) is 3.61. The van der Waals surface area contributed by atoms with Crippen LogP contribution in [0.4, 0.5) is 0 Å². The SMILES string of the molecule is Cc1cccc(-c2nc3n(c2-c2ccnc(-c4nc5c(n4COCC[Si](C)(C)C)CN(C)C5)c2)CCC3)n1. The van der Waals surface area contributed by atoms with Gasteiger partial charge in [0.25, 0.3) is 0 Å². The summed E-state index contributed by atoms with van der Waals surface area (Å²) < 4.78 is 10.8. The van der Waals surface area contributed by atoms with Crippen molar-refractivity contribution in [1.82, 2.24) is 34.0 Å². The predicted octanol–water partition coefficient (Wildman–Crippen LogP) is 5.38. The molecular weight excluding hydrogens is 490 g/mol. The Bertz CT molecular complexity index is 1480. The number of aryl methyl sites for hydroxylation is 2. The lowest BCUT2D eigenvalue weighted by molar-refractivity contribution is 0.0856. The van der Waals surface area contributed by atoms with Crippen molar-refractivity contribution in [3.8, 4) is 34.2 Å². The minimum absolute atomic E-state index is 0.502. The highest BCUT2D eigenvalue weighted by Crippen LogP contribution is 2.36. The number of hydrogen-bond donors (Lipinski definition) is 0. The molecule has 0 bridgehead atoms. The number of fused-ring (bicyclic) bond motifs is 2. The molecule has 4 aromatic rings. The number of pyridine rings is 2. The van der Waals surface area contributed by atoms with Gasteiger partial charge in [0.15, 0.2) is 5.82 Å². The lowest BCUT2D eigenvalue weighted by Gasteiger charge is -2.17. The summed E-state index contributed by atoms with van der Waals surface area (Å²) >= 11 is 0. The Labute approximate surface area is 225 Å². The monoisotopic (exact) mass is 527 g/mol. The Balaban J connectivity index is 1.39. The first-order chi connectivity index (χ1) is 18.3. The van der Waals surface area contributed by atoms with Gasteiger partial charge in [-0.05, 0) is 50.7 Å². The molecule has 6 rings (SSSR count). The molecule has 198 valence electrons. The van der Waals surface area contributed by atoms with E-state index in [1.54, 1.807) is 0 Å². The van der Waals surface area contributed by atoms with E-state index in [0.717, 1.165) is 96.5 Å². The molecule has 0 N–H and O–H groups in total. The molecule has 38 heavy (non-hydrogen) atoms. The van der Waals surface area contributed by atoms with Crippen LogP contribution in [0, 0.1) is 6.92 Å². The van der Waals surface area contributed by atoms with Gasteiger partial charge in [-0.25, -0.2) is 9.97 Å². The summed E-state index contributed by atoms with van der Waals surface area (Å²) in [7, 11) is 0.980. The van der Waals surface area contributed by atoms with Crippen molar-refractivity contribution in [2.24, 2.45) is 0 Å². The second kappa shape index (κ2) is 9.87. The van der Waals surface area contributed by atoms with E-state index in [1.165, 1.54) is 5.69 Å². The van der Waals surface area contributed by atoms with Crippen LogP contribution in [0.1, 0.15) is 29.3 Å². The van der Waals surface area contributed by atoms with Crippen molar-refractivity contribution < 1.29 is 4.74 Å². The van der Waals surface area contributed by atoms with E-state index in [-0.39, 0.29) is 0 Å². The van der Waals surface area contributed by atoms with Crippen molar-refractivity contribution in [3.63, 3.8) is 0 Å². The fraction of sp³-hybridized carbons (Fsp3) is 0.448. The fourth-order valence-corrected chi connectivity index (χ4v) is 6.20. The summed E-state index contributed by atoms with van der Waals surface area (Å²) in [6, 6.07) is 11.5. The van der Waals surface area contributed by atoms with Gasteiger partial charge in [-0.2, -0.15) is 0 Å². The van der Waals surface area contributed by atoms with Crippen LogP contribution in [0.2, 0.25) is 25.7 Å². The number of nitrogens with zero attached hydrogens (tertiary/aromatic N) is 7. The molecule has 0 radical (unpaired) electrons. The van der Waals surface area contributed by atoms with Gasteiger partial charge in [-0.15, -0.1) is 0 Å². The maximum atomic E-state index is 6.22. The normalized spacial score (nSPS) is 15.3. The van der Waals surface area contributed by atoms with E-state index in [9.17, 15) is 0 Å². The van der Waals surface area contributed by atoms with Crippen LogP contribution in [0.25, 0.3) is 34.2 Å². The van der Waals surface area contributed by atoms with Gasteiger partial charge in [0, 0.05) is 58.2 Å². The molecule has 0 aliphatic carbocycles. The maximum Gasteiger partial charge on any atom is 0.161 e. The van der Waals surface area contributed by atoms with E-state index in [0.29, 0.717) is 6.73 Å². The number of ether oxygens (including phenoxy) is 1. The quantitative estimate of drug-likeness (QED) is 0.226. The third kappa shape index (κ3) is 4.86. The highest BCUT2D eigenvalue weighted by Gasteiger charge is 2.28. The van der Waals surface area contributed by atoms with Gasteiger partial charge < -0.3 is 13.9 Å². The van der Waals surface area contributed by atoms with Gasteiger partial charge in [0.05, 0.1) is 22.8 Å². The maximum absolute atomic E-state index is 6.22. The highest BCUT2D eigenvalue weighted by atomic mass is 28.3. The van der Waals surface area contributed by atoms with Crippen LogP contribution in [0.3, 0.4) is 0 Å². The van der Waals surface area contributed by atoms with E-state index < -0.39 is 8.07 Å². The van der Waals surface area contributed by atoms with Gasteiger partial charge in [0.2, 0.25) is 0 Å². The molecule has 9 heteroatoms. The first-order valence-corrected chi connectivity index (χ1v) is 17.3. The first-order valence-electron chi connectivity index (χ1n) is 13.6. The van der Waals surface area contributed by atoms with Crippen LogP contribution in [0.15, 0.2) is 36.5 Å². The zero-order chi connectivity index (χ0) is 26.4. The molecule has 0 aromatic carbocycles. The molecule has 8 nitrogen and oxygen atoms in total. The lowest BCUT2D eigenvalue weighted by Crippen LogP contribution is -2.22. The summed E-state index contributed by atoms with van der Waals surface area (Å²) in [5.41, 5.74) is 8.30. The molecule has 2 aliphatic rings. The van der Waals surface area contributed by atoms with Crippen molar-refractivity contribution in [2.45, 2.75) is 71.8 Å². The fourth-order valence-electron chi connectivity index (χ4n) is 5.45. The number of imidazole rings is 2. The minimum atomic E-state index is -1.16. The summed E-state index contributed by atoms with van der Waals surface area (Å²) in [5.74, 6) is 2.02. The van der Waals surface area contributed by atoms with Crippen LogP contribution >= 0.6 is 0 Å². The zero-order valence-corrected chi connectivity index (χ0v) is 24.2. The molecule has 2 aliphatic heterocycles. The van der Waals surface area contributed by atoms with Gasteiger partial charge >= 0.3 is 0 Å². The number of hydrogen-bond acceptors (Lipinski definition) is 6. The summed E-state index contributed by atoms with van der Waals surface area (Å²) in [4.78, 5) is 22.0. The number of aromatic nitrogens is 6. The minimum Gasteiger partial charge on any atom is -0.361 e. The Morgan fingerprint density at radius 2 is 1.89 bits per heavy atom. The smallest absolute Gasteiger partial charge is 0.161 e. The molecule has 0 saturated carbocycles. The Morgan fingerprint density at radius 1 is 1.03 bits per heavy atom. The third-order valence-corrected chi connectivity index (χ3v) is 9.14.